The van der Waals surface area contributed by atoms with Crippen molar-refractivity contribution >= 4 is 26.1 Å². The van der Waals surface area contributed by atoms with Crippen LogP contribution in [0.1, 0.15) is 20.8 Å². The predicted octanol–water partition coefficient (Wildman–Crippen LogP) is 1.29. The number of hydrogen-bond acceptors (Lipinski definition) is 2. The summed E-state index contributed by atoms with van der Waals surface area (Å²) in [6, 6.07) is -0.000295. The van der Waals surface area contributed by atoms with Gasteiger partial charge in [-0.1, -0.05) is 22.9 Å². The largest absolute Gasteiger partial charge is 0.282 e. The van der Waals surface area contributed by atoms with Gasteiger partial charge in [0.2, 0.25) is 0 Å². The van der Waals surface area contributed by atoms with Crippen molar-refractivity contribution in [3.8, 4) is 0 Å². The molecule has 90 valence electrons. The second kappa shape index (κ2) is 4.69. The van der Waals surface area contributed by atoms with Crippen LogP contribution in [0.5, 0.6) is 0 Å². The first-order valence-corrected chi connectivity index (χ1v) is 7.45. The topological polar surface area (TPSA) is 40.6 Å². The SMILES string of the molecule is CC1CN(S(=O)(=O)N(C)C(C)C)CC1Br. The van der Waals surface area contributed by atoms with Gasteiger partial charge >= 0.3 is 0 Å². The molecule has 1 rings (SSSR count). The van der Waals surface area contributed by atoms with Crippen molar-refractivity contribution < 1.29 is 8.42 Å². The second-order valence-electron chi connectivity index (χ2n) is 4.43. The molecule has 0 aromatic rings. The number of halogens is 1. The highest BCUT2D eigenvalue weighted by atomic mass is 79.9. The summed E-state index contributed by atoms with van der Waals surface area (Å²) in [5, 5.41) is 0. The van der Waals surface area contributed by atoms with Gasteiger partial charge in [0.25, 0.3) is 10.2 Å². The van der Waals surface area contributed by atoms with Gasteiger partial charge in [0.1, 0.15) is 0 Å². The zero-order chi connectivity index (χ0) is 11.8. The molecule has 0 radical (unpaired) electrons. The van der Waals surface area contributed by atoms with Crippen LogP contribution in [0.2, 0.25) is 0 Å². The lowest BCUT2D eigenvalue weighted by molar-refractivity contribution is 0.356. The average Bonchev–Trinajstić information content (AvgIpc) is 2.46. The van der Waals surface area contributed by atoms with E-state index < -0.39 is 10.2 Å². The first-order chi connectivity index (χ1) is 6.76. The summed E-state index contributed by atoms with van der Waals surface area (Å²) < 4.78 is 27.2. The lowest BCUT2D eigenvalue weighted by Gasteiger charge is -2.26. The van der Waals surface area contributed by atoms with Gasteiger partial charge in [-0.3, -0.25) is 0 Å². The van der Waals surface area contributed by atoms with Gasteiger partial charge in [-0.05, 0) is 19.8 Å². The maximum Gasteiger partial charge on any atom is 0.282 e. The molecule has 0 bridgehead atoms. The minimum atomic E-state index is -3.27. The fourth-order valence-electron chi connectivity index (χ4n) is 1.52. The molecule has 2 unspecified atom stereocenters. The summed E-state index contributed by atoms with van der Waals surface area (Å²) in [7, 11) is -1.64. The summed E-state index contributed by atoms with van der Waals surface area (Å²) in [5.41, 5.74) is 0. The molecule has 0 aliphatic carbocycles. The molecule has 0 aromatic carbocycles. The number of rotatable bonds is 3. The van der Waals surface area contributed by atoms with Crippen LogP contribution in [-0.2, 0) is 10.2 Å². The predicted molar refractivity (Wildman–Crippen MR) is 65.3 cm³/mol. The zero-order valence-corrected chi connectivity index (χ0v) is 12.0. The van der Waals surface area contributed by atoms with Crippen LogP contribution in [-0.4, -0.2) is 48.0 Å². The summed E-state index contributed by atoms with van der Waals surface area (Å²) in [4.78, 5) is 0.271. The smallest absolute Gasteiger partial charge is 0.195 e. The third-order valence-corrected chi connectivity index (χ3v) is 6.20. The summed E-state index contributed by atoms with van der Waals surface area (Å²) in [6.45, 7) is 6.99. The van der Waals surface area contributed by atoms with Crippen molar-refractivity contribution in [3.63, 3.8) is 0 Å². The van der Waals surface area contributed by atoms with Crippen molar-refractivity contribution in [3.05, 3.63) is 0 Å². The van der Waals surface area contributed by atoms with E-state index in [1.807, 2.05) is 13.8 Å². The molecular formula is C9H19BrN2O2S. The molecule has 0 saturated carbocycles. The van der Waals surface area contributed by atoms with Crippen molar-refractivity contribution in [2.45, 2.75) is 31.6 Å². The van der Waals surface area contributed by atoms with E-state index in [4.69, 9.17) is 0 Å². The molecule has 0 aromatic heterocycles. The highest BCUT2D eigenvalue weighted by molar-refractivity contribution is 9.09. The molecule has 4 nitrogen and oxygen atoms in total. The minimum absolute atomic E-state index is 0.000295. The summed E-state index contributed by atoms with van der Waals surface area (Å²) in [5.74, 6) is 0.375. The molecule has 6 heteroatoms. The van der Waals surface area contributed by atoms with Gasteiger partial charge in [0.15, 0.2) is 0 Å². The number of alkyl halides is 1. The molecular weight excluding hydrogens is 280 g/mol. The maximum atomic E-state index is 12.1. The Balaban J connectivity index is 2.80. The van der Waals surface area contributed by atoms with Crippen molar-refractivity contribution in [2.75, 3.05) is 20.1 Å². The molecule has 15 heavy (non-hydrogen) atoms. The third kappa shape index (κ3) is 2.72. The normalized spacial score (nSPS) is 29.3. The van der Waals surface area contributed by atoms with Crippen LogP contribution in [0, 0.1) is 5.92 Å². The van der Waals surface area contributed by atoms with Crippen LogP contribution >= 0.6 is 15.9 Å². The first-order valence-electron chi connectivity index (χ1n) is 5.14. The Morgan fingerprint density at radius 3 is 2.27 bits per heavy atom. The molecule has 1 aliphatic heterocycles. The Kier molecular flexibility index (Phi) is 4.20. The van der Waals surface area contributed by atoms with Gasteiger partial charge in [-0.2, -0.15) is 17.0 Å². The maximum absolute atomic E-state index is 12.1. The van der Waals surface area contributed by atoms with Gasteiger partial charge in [0, 0.05) is 31.0 Å². The average molecular weight is 299 g/mol. The summed E-state index contributed by atoms with van der Waals surface area (Å²) in [6.07, 6.45) is 0. The highest BCUT2D eigenvalue weighted by Crippen LogP contribution is 2.26. The lowest BCUT2D eigenvalue weighted by atomic mass is 10.2. The fraction of sp³-hybridized carbons (Fsp3) is 1.00. The Bertz CT molecular complexity index is 308. The van der Waals surface area contributed by atoms with Crippen LogP contribution in [0.3, 0.4) is 0 Å². The third-order valence-electron chi connectivity index (χ3n) is 2.90. The highest BCUT2D eigenvalue weighted by Gasteiger charge is 2.37. The quantitative estimate of drug-likeness (QED) is 0.737. The minimum Gasteiger partial charge on any atom is -0.195 e. The monoisotopic (exact) mass is 298 g/mol. The van der Waals surface area contributed by atoms with Gasteiger partial charge in [0.05, 0.1) is 0 Å². The molecule has 1 saturated heterocycles. The standard InChI is InChI=1S/C9H19BrN2O2S/c1-7(2)11(4)15(13,14)12-5-8(3)9(10)6-12/h7-9H,5-6H2,1-4H3. The molecule has 2 atom stereocenters. The van der Waals surface area contributed by atoms with E-state index in [0.29, 0.717) is 19.0 Å². The van der Waals surface area contributed by atoms with E-state index in [1.54, 1.807) is 11.4 Å². The van der Waals surface area contributed by atoms with Crippen LogP contribution in [0.15, 0.2) is 0 Å². The molecule has 1 fully saturated rings. The molecule has 0 N–H and O–H groups in total. The Morgan fingerprint density at radius 1 is 1.40 bits per heavy atom. The number of nitrogens with zero attached hydrogens (tertiary/aromatic N) is 2. The van der Waals surface area contributed by atoms with E-state index in [-0.39, 0.29) is 10.9 Å². The van der Waals surface area contributed by atoms with E-state index in [1.165, 1.54) is 4.31 Å². The van der Waals surface area contributed by atoms with Crippen molar-refractivity contribution in [1.29, 1.82) is 0 Å². The Morgan fingerprint density at radius 2 is 1.93 bits per heavy atom. The van der Waals surface area contributed by atoms with E-state index in [9.17, 15) is 8.42 Å². The van der Waals surface area contributed by atoms with Crippen LogP contribution in [0.25, 0.3) is 0 Å². The van der Waals surface area contributed by atoms with E-state index in [2.05, 4.69) is 22.9 Å². The van der Waals surface area contributed by atoms with E-state index in [0.717, 1.165) is 0 Å². The number of hydrogen-bond donors (Lipinski definition) is 0. The zero-order valence-electron chi connectivity index (χ0n) is 9.64. The molecule has 0 amide bonds. The Labute approximate surface area is 101 Å². The van der Waals surface area contributed by atoms with Crippen molar-refractivity contribution in [2.24, 2.45) is 5.92 Å². The van der Waals surface area contributed by atoms with Crippen LogP contribution in [0.4, 0.5) is 0 Å². The van der Waals surface area contributed by atoms with Crippen molar-refractivity contribution in [1.82, 2.24) is 8.61 Å². The molecule has 1 aliphatic rings. The van der Waals surface area contributed by atoms with Gasteiger partial charge in [-0.25, -0.2) is 0 Å². The Hall–Kier alpha value is 0.350. The van der Waals surface area contributed by atoms with Gasteiger partial charge in [-0.15, -0.1) is 0 Å². The summed E-state index contributed by atoms with van der Waals surface area (Å²) >= 11 is 3.50. The fourth-order valence-corrected chi connectivity index (χ4v) is 3.90. The molecule has 0 spiro atoms. The lowest BCUT2D eigenvalue weighted by Crippen LogP contribution is -2.43. The van der Waals surface area contributed by atoms with Crippen LogP contribution < -0.4 is 0 Å². The first kappa shape index (κ1) is 13.4. The van der Waals surface area contributed by atoms with Gasteiger partial charge < -0.3 is 0 Å². The van der Waals surface area contributed by atoms with E-state index >= 15 is 0 Å². The molecule has 1 heterocycles. The second-order valence-corrected chi connectivity index (χ2v) is 7.59.